The Hall–Kier alpha value is -3.01. The third kappa shape index (κ3) is 1.81. The molecule has 3 aromatic rings. The maximum Gasteiger partial charge on any atom is 0.260 e. The lowest BCUT2D eigenvalue weighted by atomic mass is 10.1. The predicted molar refractivity (Wildman–Crippen MR) is 90.1 cm³/mol. The van der Waals surface area contributed by atoms with Gasteiger partial charge < -0.3 is 11.1 Å². The number of carbonyl (C=O) groups excluding carboxylic acids is 1. The summed E-state index contributed by atoms with van der Waals surface area (Å²) in [4.78, 5) is 14.4. The number of nitrogen functional groups attached to an aromatic ring is 1. The zero-order chi connectivity index (χ0) is 15.1. The van der Waals surface area contributed by atoms with Crippen molar-refractivity contribution in [1.29, 1.82) is 0 Å². The van der Waals surface area contributed by atoms with Gasteiger partial charge in [-0.25, -0.2) is 0 Å². The van der Waals surface area contributed by atoms with E-state index in [1.807, 2.05) is 60.7 Å². The average molecular weight is 289 g/mol. The third-order valence-corrected chi connectivity index (χ3v) is 4.04. The van der Waals surface area contributed by atoms with Gasteiger partial charge in [-0.15, -0.1) is 0 Å². The van der Waals surface area contributed by atoms with Crippen LogP contribution >= 0.6 is 0 Å². The zero-order valence-electron chi connectivity index (χ0n) is 11.9. The number of hydrogen-bond acceptors (Lipinski definition) is 3. The third-order valence-electron chi connectivity index (χ3n) is 4.04. The Bertz CT molecular complexity index is 883. The summed E-state index contributed by atoms with van der Waals surface area (Å²) in [5, 5.41) is 5.36. The van der Waals surface area contributed by atoms with Crippen LogP contribution in [0.2, 0.25) is 0 Å². The molecule has 22 heavy (non-hydrogen) atoms. The van der Waals surface area contributed by atoms with Crippen molar-refractivity contribution in [2.75, 3.05) is 22.6 Å². The molecule has 0 unspecified atom stereocenters. The van der Waals surface area contributed by atoms with Gasteiger partial charge in [-0.1, -0.05) is 36.4 Å². The lowest BCUT2D eigenvalue weighted by molar-refractivity contribution is 0.0995. The second kappa shape index (κ2) is 4.77. The zero-order valence-corrected chi connectivity index (χ0v) is 11.9. The van der Waals surface area contributed by atoms with Crippen molar-refractivity contribution in [3.8, 4) is 0 Å². The van der Waals surface area contributed by atoms with E-state index in [-0.39, 0.29) is 5.91 Å². The van der Waals surface area contributed by atoms with E-state index in [4.69, 9.17) is 5.73 Å². The van der Waals surface area contributed by atoms with Crippen molar-refractivity contribution in [2.24, 2.45) is 0 Å². The molecular weight excluding hydrogens is 274 g/mol. The number of amides is 1. The van der Waals surface area contributed by atoms with E-state index in [2.05, 4.69) is 5.32 Å². The molecule has 0 aliphatic carbocycles. The summed E-state index contributed by atoms with van der Waals surface area (Å²) in [5.41, 5.74) is 9.14. The van der Waals surface area contributed by atoms with Crippen LogP contribution in [0, 0.1) is 0 Å². The van der Waals surface area contributed by atoms with Crippen molar-refractivity contribution in [1.82, 2.24) is 0 Å². The minimum atomic E-state index is 0.0220. The first-order valence-electron chi connectivity index (χ1n) is 7.18. The molecule has 0 radical (unpaired) electrons. The number of anilines is 3. The second-order valence-electron chi connectivity index (χ2n) is 5.34. The minimum Gasteiger partial charge on any atom is -0.397 e. The van der Waals surface area contributed by atoms with Crippen molar-refractivity contribution in [3.63, 3.8) is 0 Å². The number of nitrogens with two attached hydrogens (primary N) is 1. The molecule has 0 aromatic heterocycles. The molecule has 0 saturated carbocycles. The average Bonchev–Trinajstić information content (AvgIpc) is 2.82. The van der Waals surface area contributed by atoms with E-state index >= 15 is 0 Å². The van der Waals surface area contributed by atoms with Crippen molar-refractivity contribution in [3.05, 3.63) is 66.2 Å². The highest BCUT2D eigenvalue weighted by Crippen LogP contribution is 2.37. The van der Waals surface area contributed by atoms with Gasteiger partial charge in [0.1, 0.15) is 0 Å². The molecule has 3 N–H and O–H groups in total. The van der Waals surface area contributed by atoms with Crippen LogP contribution in [-0.2, 0) is 0 Å². The van der Waals surface area contributed by atoms with Crippen LogP contribution in [-0.4, -0.2) is 12.6 Å². The molecule has 0 atom stereocenters. The fourth-order valence-corrected chi connectivity index (χ4v) is 2.96. The van der Waals surface area contributed by atoms with Gasteiger partial charge in [0.05, 0.1) is 23.7 Å². The van der Waals surface area contributed by atoms with E-state index in [9.17, 15) is 4.79 Å². The molecular formula is C18H15N3O. The van der Waals surface area contributed by atoms with Crippen molar-refractivity contribution >= 4 is 33.7 Å². The van der Waals surface area contributed by atoms with Gasteiger partial charge in [0.15, 0.2) is 0 Å². The van der Waals surface area contributed by atoms with E-state index in [0.717, 1.165) is 27.7 Å². The smallest absolute Gasteiger partial charge is 0.260 e. The number of rotatable bonds is 3. The fraction of sp³-hybridized carbons (Fsp3) is 0.0556. The van der Waals surface area contributed by atoms with Crippen molar-refractivity contribution < 1.29 is 4.79 Å². The monoisotopic (exact) mass is 289 g/mol. The van der Waals surface area contributed by atoms with E-state index in [1.165, 1.54) is 0 Å². The highest BCUT2D eigenvalue weighted by molar-refractivity contribution is 6.25. The predicted octanol–water partition coefficient (Wildman–Crippen LogP) is 3.45. The normalized spacial score (nSPS) is 12.9. The van der Waals surface area contributed by atoms with Gasteiger partial charge in [-0.05, 0) is 29.7 Å². The van der Waals surface area contributed by atoms with E-state index < -0.39 is 0 Å². The summed E-state index contributed by atoms with van der Waals surface area (Å²) >= 11 is 0. The molecule has 3 aromatic carbocycles. The molecule has 0 saturated heterocycles. The Balaban J connectivity index is 1.69. The van der Waals surface area contributed by atoms with Crippen LogP contribution in [0.4, 0.5) is 17.1 Å². The van der Waals surface area contributed by atoms with Gasteiger partial charge in [0.2, 0.25) is 0 Å². The largest absolute Gasteiger partial charge is 0.397 e. The van der Waals surface area contributed by atoms with Gasteiger partial charge in [-0.3, -0.25) is 9.69 Å². The minimum absolute atomic E-state index is 0.0220. The quantitative estimate of drug-likeness (QED) is 0.726. The fourth-order valence-electron chi connectivity index (χ4n) is 2.96. The number of hydrogen-bond donors (Lipinski definition) is 2. The van der Waals surface area contributed by atoms with Crippen LogP contribution < -0.4 is 16.0 Å². The van der Waals surface area contributed by atoms with Gasteiger partial charge in [0, 0.05) is 10.9 Å². The lowest BCUT2D eigenvalue weighted by Crippen LogP contribution is -2.32. The molecule has 4 rings (SSSR count). The highest BCUT2D eigenvalue weighted by Gasteiger charge is 2.29. The maximum absolute atomic E-state index is 12.6. The first kappa shape index (κ1) is 12.7. The molecule has 0 spiro atoms. The molecule has 0 fully saturated rings. The molecule has 1 amide bonds. The standard InChI is InChI=1S/C18H15N3O/c19-14-8-1-2-9-15(14)20-11-21-16-10-4-6-12-5-3-7-13(17(12)16)18(21)22/h1-10,20H,11,19H2. The van der Waals surface area contributed by atoms with Gasteiger partial charge in [-0.2, -0.15) is 0 Å². The van der Waals surface area contributed by atoms with E-state index in [1.54, 1.807) is 4.90 Å². The summed E-state index contributed by atoms with van der Waals surface area (Å²) in [7, 11) is 0. The Morgan fingerprint density at radius 2 is 1.73 bits per heavy atom. The summed E-state index contributed by atoms with van der Waals surface area (Å²) < 4.78 is 0. The first-order chi connectivity index (χ1) is 10.8. The topological polar surface area (TPSA) is 58.4 Å². The molecule has 1 aliphatic heterocycles. The van der Waals surface area contributed by atoms with E-state index in [0.29, 0.717) is 12.4 Å². The lowest BCUT2D eigenvalue weighted by Gasteiger charge is -2.19. The highest BCUT2D eigenvalue weighted by atomic mass is 16.2. The van der Waals surface area contributed by atoms with Crippen LogP contribution in [0.15, 0.2) is 60.7 Å². The van der Waals surface area contributed by atoms with Crippen LogP contribution in [0.1, 0.15) is 10.4 Å². The molecule has 4 heteroatoms. The van der Waals surface area contributed by atoms with Crippen LogP contribution in [0.3, 0.4) is 0 Å². The first-order valence-corrected chi connectivity index (χ1v) is 7.18. The number of carbonyl (C=O) groups is 1. The summed E-state index contributed by atoms with van der Waals surface area (Å²) in [6.45, 7) is 0.390. The Morgan fingerprint density at radius 1 is 0.955 bits per heavy atom. The summed E-state index contributed by atoms with van der Waals surface area (Å²) in [6, 6.07) is 19.4. The molecule has 1 heterocycles. The van der Waals surface area contributed by atoms with Gasteiger partial charge >= 0.3 is 0 Å². The molecule has 108 valence electrons. The van der Waals surface area contributed by atoms with Crippen LogP contribution in [0.25, 0.3) is 10.8 Å². The van der Waals surface area contributed by atoms with Crippen molar-refractivity contribution in [2.45, 2.75) is 0 Å². The Labute approximate surface area is 128 Å². The maximum atomic E-state index is 12.6. The van der Waals surface area contributed by atoms with Gasteiger partial charge in [0.25, 0.3) is 5.91 Å². The second-order valence-corrected chi connectivity index (χ2v) is 5.34. The van der Waals surface area contributed by atoms with Crippen LogP contribution in [0.5, 0.6) is 0 Å². The molecule has 0 bridgehead atoms. The Kier molecular flexibility index (Phi) is 2.76. The number of para-hydroxylation sites is 2. The number of benzene rings is 3. The summed E-state index contributed by atoms with van der Waals surface area (Å²) in [6.07, 6.45) is 0. The number of nitrogens with zero attached hydrogens (tertiary/aromatic N) is 1. The number of nitrogens with one attached hydrogen (secondary N) is 1. The summed E-state index contributed by atoms with van der Waals surface area (Å²) in [5.74, 6) is 0.0220. The molecule has 4 nitrogen and oxygen atoms in total. The Morgan fingerprint density at radius 3 is 2.55 bits per heavy atom. The SMILES string of the molecule is Nc1ccccc1NCN1C(=O)c2cccc3cccc1c23. The molecule has 1 aliphatic rings.